The average Bonchev–Trinajstić information content (AvgIpc) is 2.76. The zero-order valence-electron chi connectivity index (χ0n) is 10.7. The first-order chi connectivity index (χ1) is 9.51. The number of hydrogen-bond acceptors (Lipinski definition) is 4. The number of primary amides is 1. The van der Waals surface area contributed by atoms with E-state index in [1.54, 1.807) is 6.92 Å². The Kier molecular flexibility index (Phi) is 3.95. The summed E-state index contributed by atoms with van der Waals surface area (Å²) in [7, 11) is 0. The SMILES string of the molecule is CC(OC(N)=O)c1cc(F)cc2c1OC(CN=[N+]=[N-])C2. The first kappa shape index (κ1) is 14.0. The van der Waals surface area contributed by atoms with Crippen molar-refractivity contribution in [2.45, 2.75) is 25.6 Å². The fraction of sp³-hybridized carbons (Fsp3) is 0.417. The van der Waals surface area contributed by atoms with Crippen LogP contribution in [0.5, 0.6) is 5.75 Å². The lowest BCUT2D eigenvalue weighted by atomic mass is 10.0. The average molecular weight is 280 g/mol. The smallest absolute Gasteiger partial charge is 0.405 e. The van der Waals surface area contributed by atoms with Gasteiger partial charge in [-0.3, -0.25) is 0 Å². The van der Waals surface area contributed by atoms with Gasteiger partial charge in [-0.1, -0.05) is 5.11 Å². The van der Waals surface area contributed by atoms with Crippen molar-refractivity contribution < 1.29 is 18.7 Å². The first-order valence-electron chi connectivity index (χ1n) is 5.97. The van der Waals surface area contributed by atoms with Gasteiger partial charge < -0.3 is 15.2 Å². The van der Waals surface area contributed by atoms with E-state index in [-0.39, 0.29) is 12.6 Å². The minimum Gasteiger partial charge on any atom is -0.489 e. The van der Waals surface area contributed by atoms with E-state index in [1.807, 2.05) is 0 Å². The minimum absolute atomic E-state index is 0.150. The Labute approximate surface area is 114 Å². The molecule has 8 heteroatoms. The number of ether oxygens (including phenoxy) is 2. The molecule has 1 amide bonds. The number of carbonyl (C=O) groups is 1. The van der Waals surface area contributed by atoms with Gasteiger partial charge in [-0.15, -0.1) is 0 Å². The molecule has 106 valence electrons. The number of nitrogens with two attached hydrogens (primary N) is 1. The molecule has 2 atom stereocenters. The molecule has 1 aromatic rings. The highest BCUT2D eigenvalue weighted by molar-refractivity contribution is 5.65. The molecule has 0 fully saturated rings. The van der Waals surface area contributed by atoms with Crippen LogP contribution in [0.3, 0.4) is 0 Å². The number of nitrogens with zero attached hydrogens (tertiary/aromatic N) is 3. The van der Waals surface area contributed by atoms with E-state index in [2.05, 4.69) is 10.0 Å². The second kappa shape index (κ2) is 5.66. The predicted molar refractivity (Wildman–Crippen MR) is 67.6 cm³/mol. The van der Waals surface area contributed by atoms with Gasteiger partial charge in [0.05, 0.1) is 6.54 Å². The summed E-state index contributed by atoms with van der Waals surface area (Å²) < 4.78 is 24.1. The van der Waals surface area contributed by atoms with E-state index in [0.29, 0.717) is 23.3 Å². The Morgan fingerprint density at radius 2 is 2.50 bits per heavy atom. The molecule has 0 saturated carbocycles. The molecule has 20 heavy (non-hydrogen) atoms. The number of rotatable bonds is 4. The lowest BCUT2D eigenvalue weighted by Gasteiger charge is -2.16. The van der Waals surface area contributed by atoms with Gasteiger partial charge in [0.2, 0.25) is 0 Å². The van der Waals surface area contributed by atoms with E-state index < -0.39 is 18.0 Å². The van der Waals surface area contributed by atoms with Crippen molar-refractivity contribution in [3.8, 4) is 5.75 Å². The van der Waals surface area contributed by atoms with E-state index >= 15 is 0 Å². The molecule has 0 radical (unpaired) electrons. The number of azide groups is 1. The summed E-state index contributed by atoms with van der Waals surface area (Å²) in [4.78, 5) is 13.4. The van der Waals surface area contributed by atoms with Gasteiger partial charge in [0.15, 0.2) is 0 Å². The molecule has 1 aliphatic rings. The number of benzene rings is 1. The van der Waals surface area contributed by atoms with Crippen molar-refractivity contribution >= 4 is 6.09 Å². The molecule has 0 spiro atoms. The third-order valence-electron chi connectivity index (χ3n) is 2.97. The van der Waals surface area contributed by atoms with Crippen LogP contribution in [0.25, 0.3) is 10.4 Å². The van der Waals surface area contributed by atoms with Crippen molar-refractivity contribution in [1.82, 2.24) is 0 Å². The van der Waals surface area contributed by atoms with Crippen LogP contribution < -0.4 is 10.5 Å². The molecule has 2 N–H and O–H groups in total. The van der Waals surface area contributed by atoms with Crippen LogP contribution in [0.1, 0.15) is 24.2 Å². The summed E-state index contributed by atoms with van der Waals surface area (Å²) in [6.45, 7) is 1.72. The second-order valence-electron chi connectivity index (χ2n) is 4.42. The van der Waals surface area contributed by atoms with Crippen LogP contribution in [-0.4, -0.2) is 18.7 Å². The first-order valence-corrected chi connectivity index (χ1v) is 5.97. The zero-order chi connectivity index (χ0) is 14.7. The van der Waals surface area contributed by atoms with Crippen molar-refractivity contribution in [2.75, 3.05) is 6.54 Å². The maximum Gasteiger partial charge on any atom is 0.405 e. The van der Waals surface area contributed by atoms with Gasteiger partial charge in [-0.2, -0.15) is 0 Å². The Morgan fingerprint density at radius 1 is 1.75 bits per heavy atom. The fourth-order valence-corrected chi connectivity index (χ4v) is 2.19. The van der Waals surface area contributed by atoms with Crippen LogP contribution in [-0.2, 0) is 11.2 Å². The van der Waals surface area contributed by atoms with Crippen LogP contribution in [0.2, 0.25) is 0 Å². The highest BCUT2D eigenvalue weighted by Crippen LogP contribution is 2.38. The summed E-state index contributed by atoms with van der Waals surface area (Å²) in [6, 6.07) is 2.59. The lowest BCUT2D eigenvalue weighted by molar-refractivity contribution is 0.113. The number of carbonyl (C=O) groups excluding carboxylic acids is 1. The van der Waals surface area contributed by atoms with Crippen molar-refractivity contribution in [3.05, 3.63) is 39.5 Å². The van der Waals surface area contributed by atoms with Gasteiger partial charge in [0.25, 0.3) is 0 Å². The monoisotopic (exact) mass is 280 g/mol. The van der Waals surface area contributed by atoms with Crippen molar-refractivity contribution in [3.63, 3.8) is 0 Å². The predicted octanol–water partition coefficient (Wildman–Crippen LogP) is 2.60. The van der Waals surface area contributed by atoms with E-state index in [0.717, 1.165) is 0 Å². The Bertz CT molecular complexity index is 586. The summed E-state index contributed by atoms with van der Waals surface area (Å²) in [5, 5.41) is 3.44. The number of amides is 1. The summed E-state index contributed by atoms with van der Waals surface area (Å²) in [6.07, 6.45) is -1.58. The number of hydrogen-bond donors (Lipinski definition) is 1. The fourth-order valence-electron chi connectivity index (χ4n) is 2.19. The Balaban J connectivity index is 2.28. The maximum absolute atomic E-state index is 13.6. The van der Waals surface area contributed by atoms with Crippen molar-refractivity contribution in [1.29, 1.82) is 0 Å². The standard InChI is InChI=1S/C12H13FN4O3/c1-6(19-12(14)18)10-4-8(13)2-7-3-9(5-16-17-15)20-11(7)10/h2,4,6,9H,3,5H2,1H3,(H2,14,18). The largest absolute Gasteiger partial charge is 0.489 e. The molecule has 7 nitrogen and oxygen atoms in total. The number of halogens is 1. The Morgan fingerprint density at radius 3 is 3.15 bits per heavy atom. The summed E-state index contributed by atoms with van der Waals surface area (Å²) >= 11 is 0. The van der Waals surface area contributed by atoms with Crippen molar-refractivity contribution in [2.24, 2.45) is 10.8 Å². The molecule has 0 bridgehead atoms. The van der Waals surface area contributed by atoms with Crippen LogP contribution >= 0.6 is 0 Å². The summed E-state index contributed by atoms with van der Waals surface area (Å²) in [5.74, 6) is 0.00462. The third-order valence-corrected chi connectivity index (χ3v) is 2.97. The third kappa shape index (κ3) is 2.92. The molecule has 1 heterocycles. The van der Waals surface area contributed by atoms with E-state index in [1.165, 1.54) is 12.1 Å². The van der Waals surface area contributed by atoms with E-state index in [4.69, 9.17) is 20.7 Å². The molecular formula is C12H13FN4O3. The molecule has 0 aromatic heterocycles. The maximum atomic E-state index is 13.6. The molecule has 1 aliphatic heterocycles. The van der Waals surface area contributed by atoms with Crippen LogP contribution in [0.15, 0.2) is 17.2 Å². The molecular weight excluding hydrogens is 267 g/mol. The molecule has 2 unspecified atom stereocenters. The van der Waals surface area contributed by atoms with Gasteiger partial charge in [0.1, 0.15) is 23.8 Å². The minimum atomic E-state index is -0.945. The lowest BCUT2D eigenvalue weighted by Crippen LogP contribution is -2.18. The van der Waals surface area contributed by atoms with Gasteiger partial charge in [-0.25, -0.2) is 9.18 Å². The Hall–Kier alpha value is -2.47. The molecule has 1 aromatic carbocycles. The highest BCUT2D eigenvalue weighted by atomic mass is 19.1. The van der Waals surface area contributed by atoms with Crippen LogP contribution in [0.4, 0.5) is 9.18 Å². The highest BCUT2D eigenvalue weighted by Gasteiger charge is 2.28. The molecule has 0 aliphatic carbocycles. The second-order valence-corrected chi connectivity index (χ2v) is 4.42. The van der Waals surface area contributed by atoms with Gasteiger partial charge >= 0.3 is 6.09 Å². The quantitative estimate of drug-likeness (QED) is 0.519. The normalized spacial score (nSPS) is 17.6. The molecule has 2 rings (SSSR count). The summed E-state index contributed by atoms with van der Waals surface area (Å²) in [5.41, 5.74) is 14.3. The van der Waals surface area contributed by atoms with Gasteiger partial charge in [-0.05, 0) is 24.6 Å². The topological polar surface area (TPSA) is 110 Å². The zero-order valence-corrected chi connectivity index (χ0v) is 10.7. The number of fused-ring (bicyclic) bond motifs is 1. The van der Waals surface area contributed by atoms with Crippen LogP contribution in [0, 0.1) is 5.82 Å². The van der Waals surface area contributed by atoms with E-state index in [9.17, 15) is 9.18 Å². The van der Waals surface area contributed by atoms with Gasteiger partial charge in [0, 0.05) is 22.5 Å². The molecule has 0 saturated heterocycles.